The Bertz CT molecular complexity index is 459. The van der Waals surface area contributed by atoms with Crippen molar-refractivity contribution in [1.29, 1.82) is 0 Å². The van der Waals surface area contributed by atoms with Crippen LogP contribution < -0.4 is 5.32 Å². The molecule has 1 rings (SSSR count). The fraction of sp³-hybridized carbons (Fsp3) is 0.273. The fourth-order valence-corrected chi connectivity index (χ4v) is 1.52. The fourth-order valence-electron chi connectivity index (χ4n) is 1.15. The molecule has 0 heterocycles. The number of anilines is 1. The number of thioether (sulfide) groups is 1. The predicted octanol–water partition coefficient (Wildman–Crippen LogP) is 2.66. The topological polar surface area (TPSA) is 55.4 Å². The zero-order valence-electron chi connectivity index (χ0n) is 9.78. The Morgan fingerprint density at radius 3 is 2.32 bits per heavy atom. The lowest BCUT2D eigenvalue weighted by atomic mass is 10.2. The summed E-state index contributed by atoms with van der Waals surface area (Å²) in [6, 6.07) is 5.61. The van der Waals surface area contributed by atoms with Crippen LogP contribution in [0.1, 0.15) is 10.4 Å². The maximum atomic E-state index is 11.9. The van der Waals surface area contributed by atoms with Crippen LogP contribution in [0.3, 0.4) is 0 Å². The van der Waals surface area contributed by atoms with Crippen molar-refractivity contribution in [3.05, 3.63) is 29.8 Å². The second-order valence-corrected chi connectivity index (χ2v) is 4.39. The van der Waals surface area contributed by atoms with Crippen LogP contribution in [0.25, 0.3) is 0 Å². The SMILES string of the molecule is COC(=O)c1ccc(NC(=O)CSC(F)(F)F)cc1. The highest BCUT2D eigenvalue weighted by Gasteiger charge is 2.29. The van der Waals surface area contributed by atoms with E-state index in [1.807, 2.05) is 0 Å². The van der Waals surface area contributed by atoms with Gasteiger partial charge in [-0.15, -0.1) is 0 Å². The molecule has 0 saturated carbocycles. The molecular weight excluding hydrogens is 283 g/mol. The van der Waals surface area contributed by atoms with E-state index >= 15 is 0 Å². The Morgan fingerprint density at radius 2 is 1.84 bits per heavy atom. The number of amides is 1. The number of esters is 1. The molecule has 1 N–H and O–H groups in total. The molecule has 4 nitrogen and oxygen atoms in total. The van der Waals surface area contributed by atoms with Gasteiger partial charge in [0.15, 0.2) is 0 Å². The molecule has 0 unspecified atom stereocenters. The van der Waals surface area contributed by atoms with Crippen molar-refractivity contribution in [2.24, 2.45) is 0 Å². The molecule has 0 fully saturated rings. The summed E-state index contributed by atoms with van der Waals surface area (Å²) < 4.78 is 40.1. The van der Waals surface area contributed by atoms with Gasteiger partial charge >= 0.3 is 11.5 Å². The van der Waals surface area contributed by atoms with E-state index in [2.05, 4.69) is 10.1 Å². The number of nitrogens with one attached hydrogen (secondary N) is 1. The first-order valence-electron chi connectivity index (χ1n) is 5.01. The van der Waals surface area contributed by atoms with Crippen LogP contribution in [0.4, 0.5) is 18.9 Å². The van der Waals surface area contributed by atoms with Gasteiger partial charge in [0.2, 0.25) is 5.91 Å². The Labute approximate surface area is 111 Å². The zero-order chi connectivity index (χ0) is 14.5. The number of carbonyl (C=O) groups excluding carboxylic acids is 2. The van der Waals surface area contributed by atoms with Gasteiger partial charge in [0, 0.05) is 5.69 Å². The van der Waals surface area contributed by atoms with Gasteiger partial charge < -0.3 is 10.1 Å². The Kier molecular flexibility index (Phi) is 5.22. The summed E-state index contributed by atoms with van der Waals surface area (Å²) in [5.74, 6) is -2.03. The number of ether oxygens (including phenoxy) is 1. The minimum absolute atomic E-state index is 0.283. The van der Waals surface area contributed by atoms with Crippen LogP contribution in [0, 0.1) is 0 Å². The second kappa shape index (κ2) is 6.46. The van der Waals surface area contributed by atoms with Crippen LogP contribution in [0.2, 0.25) is 0 Å². The highest BCUT2D eigenvalue weighted by atomic mass is 32.2. The molecule has 0 atom stereocenters. The quantitative estimate of drug-likeness (QED) is 0.867. The van der Waals surface area contributed by atoms with Crippen molar-refractivity contribution in [2.45, 2.75) is 5.51 Å². The van der Waals surface area contributed by atoms with Crippen molar-refractivity contribution in [3.63, 3.8) is 0 Å². The van der Waals surface area contributed by atoms with Crippen molar-refractivity contribution < 1.29 is 27.5 Å². The van der Waals surface area contributed by atoms with E-state index in [9.17, 15) is 22.8 Å². The monoisotopic (exact) mass is 293 g/mol. The summed E-state index contributed by atoms with van der Waals surface area (Å²) in [7, 11) is 1.23. The van der Waals surface area contributed by atoms with Crippen LogP contribution in [0.15, 0.2) is 24.3 Å². The van der Waals surface area contributed by atoms with E-state index in [1.54, 1.807) is 0 Å². The smallest absolute Gasteiger partial charge is 0.442 e. The highest BCUT2D eigenvalue weighted by Crippen LogP contribution is 2.29. The first kappa shape index (κ1) is 15.4. The van der Waals surface area contributed by atoms with E-state index in [-0.39, 0.29) is 5.56 Å². The van der Waals surface area contributed by atoms with E-state index in [0.717, 1.165) is 0 Å². The average Bonchev–Trinajstić information content (AvgIpc) is 2.35. The maximum Gasteiger partial charge on any atom is 0.442 e. The van der Waals surface area contributed by atoms with Gasteiger partial charge in [-0.1, -0.05) is 0 Å². The molecular formula is C11H10F3NO3S. The van der Waals surface area contributed by atoms with Crippen LogP contribution in [-0.2, 0) is 9.53 Å². The summed E-state index contributed by atoms with van der Waals surface area (Å²) in [5, 5.41) is 2.29. The van der Waals surface area contributed by atoms with E-state index < -0.39 is 34.9 Å². The van der Waals surface area contributed by atoms with E-state index in [0.29, 0.717) is 5.69 Å². The molecule has 0 radical (unpaired) electrons. The second-order valence-electron chi connectivity index (χ2n) is 3.35. The minimum Gasteiger partial charge on any atom is -0.465 e. The molecule has 1 aromatic carbocycles. The van der Waals surface area contributed by atoms with Gasteiger partial charge in [0.1, 0.15) is 0 Å². The van der Waals surface area contributed by atoms with Crippen LogP contribution in [-0.4, -0.2) is 30.2 Å². The molecule has 8 heteroatoms. The summed E-state index contributed by atoms with van der Waals surface area (Å²) in [4.78, 5) is 22.3. The summed E-state index contributed by atoms with van der Waals surface area (Å²) >= 11 is -0.414. The normalized spacial score (nSPS) is 10.9. The lowest BCUT2D eigenvalue weighted by Gasteiger charge is -2.07. The summed E-state index contributed by atoms with van der Waals surface area (Å²) in [6.45, 7) is 0. The molecule has 0 aliphatic rings. The minimum atomic E-state index is -4.44. The Morgan fingerprint density at radius 1 is 1.26 bits per heavy atom. The van der Waals surface area contributed by atoms with E-state index in [4.69, 9.17) is 0 Å². The number of rotatable bonds is 4. The van der Waals surface area contributed by atoms with E-state index in [1.165, 1.54) is 31.4 Å². The maximum absolute atomic E-state index is 11.9. The molecule has 0 aliphatic carbocycles. The van der Waals surface area contributed by atoms with Crippen LogP contribution >= 0.6 is 11.8 Å². The third kappa shape index (κ3) is 5.64. The van der Waals surface area contributed by atoms with Gasteiger partial charge in [0.05, 0.1) is 18.4 Å². The van der Waals surface area contributed by atoms with Crippen molar-refractivity contribution in [3.8, 4) is 0 Å². The molecule has 1 amide bonds. The first-order valence-corrected chi connectivity index (χ1v) is 5.99. The lowest BCUT2D eigenvalue weighted by molar-refractivity contribution is -0.114. The molecule has 0 aromatic heterocycles. The average molecular weight is 293 g/mol. The van der Waals surface area contributed by atoms with Gasteiger partial charge in [-0.25, -0.2) is 4.79 Å². The Hall–Kier alpha value is -1.70. The number of benzene rings is 1. The van der Waals surface area contributed by atoms with Crippen molar-refractivity contribution >= 4 is 29.3 Å². The lowest BCUT2D eigenvalue weighted by Crippen LogP contribution is -2.17. The van der Waals surface area contributed by atoms with Gasteiger partial charge in [-0.3, -0.25) is 4.79 Å². The predicted molar refractivity (Wildman–Crippen MR) is 64.9 cm³/mol. The van der Waals surface area contributed by atoms with Crippen molar-refractivity contribution in [2.75, 3.05) is 18.2 Å². The van der Waals surface area contributed by atoms with Crippen LogP contribution in [0.5, 0.6) is 0 Å². The van der Waals surface area contributed by atoms with Gasteiger partial charge in [-0.2, -0.15) is 13.2 Å². The van der Waals surface area contributed by atoms with Gasteiger partial charge in [-0.05, 0) is 36.0 Å². The molecule has 0 saturated heterocycles. The van der Waals surface area contributed by atoms with Crippen molar-refractivity contribution in [1.82, 2.24) is 0 Å². The molecule has 0 bridgehead atoms. The standard InChI is InChI=1S/C11H10F3NO3S/c1-18-10(17)7-2-4-8(5-3-7)15-9(16)6-19-11(12,13)14/h2-5H,6H2,1H3,(H,15,16). The zero-order valence-corrected chi connectivity index (χ0v) is 10.6. The number of halogens is 3. The Balaban J connectivity index is 2.54. The first-order chi connectivity index (χ1) is 8.81. The number of carbonyl (C=O) groups is 2. The highest BCUT2D eigenvalue weighted by molar-refractivity contribution is 8.00. The molecule has 0 aliphatic heterocycles. The number of hydrogen-bond acceptors (Lipinski definition) is 4. The summed E-state index contributed by atoms with van der Waals surface area (Å²) in [5.41, 5.74) is -3.85. The number of alkyl halides is 3. The number of hydrogen-bond donors (Lipinski definition) is 1. The molecule has 0 spiro atoms. The molecule has 19 heavy (non-hydrogen) atoms. The van der Waals surface area contributed by atoms with Gasteiger partial charge in [0.25, 0.3) is 0 Å². The molecule has 104 valence electrons. The number of methoxy groups -OCH3 is 1. The third-order valence-corrected chi connectivity index (χ3v) is 2.69. The molecule has 1 aromatic rings. The summed E-state index contributed by atoms with van der Waals surface area (Å²) in [6.07, 6.45) is 0. The third-order valence-electron chi connectivity index (χ3n) is 1.96. The largest absolute Gasteiger partial charge is 0.465 e.